The van der Waals surface area contributed by atoms with Crippen LogP contribution < -0.4 is 10.1 Å². The Morgan fingerprint density at radius 1 is 1.11 bits per heavy atom. The van der Waals surface area contributed by atoms with E-state index in [0.717, 1.165) is 5.56 Å². The minimum absolute atomic E-state index is 0.0353. The van der Waals surface area contributed by atoms with Crippen LogP contribution in [0.1, 0.15) is 12.5 Å². The number of para-hydroxylation sites is 1. The molecule has 0 radical (unpaired) electrons. The van der Waals surface area contributed by atoms with Crippen molar-refractivity contribution in [2.24, 2.45) is 0 Å². The van der Waals surface area contributed by atoms with E-state index in [9.17, 15) is 4.79 Å². The lowest BCUT2D eigenvalue weighted by atomic mass is 10.3. The SMILES string of the molecule is COC[C@@H](C)OC[C@H](Oc1ncnc2c1cnn2-c1ccccc1Cl)C(=O)Nc1ccc(C)cn1. The van der Waals surface area contributed by atoms with Crippen molar-refractivity contribution in [3.63, 3.8) is 0 Å². The number of amides is 1. The average molecular weight is 497 g/mol. The monoisotopic (exact) mass is 496 g/mol. The summed E-state index contributed by atoms with van der Waals surface area (Å²) < 4.78 is 18.5. The molecule has 0 saturated heterocycles. The number of aryl methyl sites for hydroxylation is 1. The van der Waals surface area contributed by atoms with Gasteiger partial charge in [0.25, 0.3) is 5.91 Å². The van der Waals surface area contributed by atoms with Gasteiger partial charge < -0.3 is 19.5 Å². The van der Waals surface area contributed by atoms with Gasteiger partial charge in [0.2, 0.25) is 12.0 Å². The zero-order valence-corrected chi connectivity index (χ0v) is 20.3. The molecule has 1 aromatic carbocycles. The lowest BCUT2D eigenvalue weighted by Crippen LogP contribution is -2.38. The smallest absolute Gasteiger partial charge is 0.269 e. The van der Waals surface area contributed by atoms with Crippen LogP contribution >= 0.6 is 11.6 Å². The van der Waals surface area contributed by atoms with Crippen LogP contribution in [0.3, 0.4) is 0 Å². The van der Waals surface area contributed by atoms with Crippen molar-refractivity contribution in [1.82, 2.24) is 24.7 Å². The van der Waals surface area contributed by atoms with Crippen molar-refractivity contribution in [2.45, 2.75) is 26.1 Å². The first-order valence-corrected chi connectivity index (χ1v) is 11.3. The fourth-order valence-electron chi connectivity index (χ4n) is 3.30. The maximum absolute atomic E-state index is 13.1. The quantitative estimate of drug-likeness (QED) is 0.354. The Kier molecular flexibility index (Phi) is 7.86. The predicted octanol–water partition coefficient (Wildman–Crippen LogP) is 3.61. The third-order valence-corrected chi connectivity index (χ3v) is 5.37. The number of aromatic nitrogens is 5. The summed E-state index contributed by atoms with van der Waals surface area (Å²) in [7, 11) is 1.58. The van der Waals surface area contributed by atoms with Crippen LogP contribution in [-0.2, 0) is 14.3 Å². The third-order valence-electron chi connectivity index (χ3n) is 5.05. The first-order chi connectivity index (χ1) is 17.0. The molecule has 10 nitrogen and oxygen atoms in total. The lowest BCUT2D eigenvalue weighted by Gasteiger charge is -2.20. The number of benzene rings is 1. The molecule has 3 heterocycles. The molecule has 182 valence electrons. The van der Waals surface area contributed by atoms with Crippen molar-refractivity contribution in [3.8, 4) is 11.6 Å². The van der Waals surface area contributed by atoms with Gasteiger partial charge in [0, 0.05) is 13.3 Å². The van der Waals surface area contributed by atoms with Crippen molar-refractivity contribution in [3.05, 3.63) is 65.7 Å². The first-order valence-electron chi connectivity index (χ1n) is 10.9. The second kappa shape index (κ2) is 11.2. The van der Waals surface area contributed by atoms with E-state index in [4.69, 9.17) is 25.8 Å². The van der Waals surface area contributed by atoms with E-state index in [1.165, 1.54) is 6.33 Å². The van der Waals surface area contributed by atoms with Crippen molar-refractivity contribution in [1.29, 1.82) is 0 Å². The number of nitrogens with zero attached hydrogens (tertiary/aromatic N) is 5. The largest absolute Gasteiger partial charge is 0.461 e. The van der Waals surface area contributed by atoms with Crippen molar-refractivity contribution < 1.29 is 19.0 Å². The molecule has 0 unspecified atom stereocenters. The van der Waals surface area contributed by atoms with Gasteiger partial charge in [-0.3, -0.25) is 4.79 Å². The molecule has 1 N–H and O–H groups in total. The van der Waals surface area contributed by atoms with E-state index in [1.54, 1.807) is 36.3 Å². The highest BCUT2D eigenvalue weighted by Gasteiger charge is 2.25. The molecule has 35 heavy (non-hydrogen) atoms. The van der Waals surface area contributed by atoms with Gasteiger partial charge in [-0.25, -0.2) is 19.6 Å². The number of halogens is 1. The minimum atomic E-state index is -1.03. The fourth-order valence-corrected chi connectivity index (χ4v) is 3.51. The number of carbonyl (C=O) groups excluding carboxylic acids is 1. The Labute approximate surface area is 207 Å². The van der Waals surface area contributed by atoms with Crippen LogP contribution in [0.5, 0.6) is 5.88 Å². The van der Waals surface area contributed by atoms with Crippen molar-refractivity contribution in [2.75, 3.05) is 25.6 Å². The standard InChI is InChI=1S/C24H25ClN6O4/c1-15-8-9-21(26-10-15)30-23(32)20(13-34-16(2)12-33-3)35-24-17-11-29-31(22(17)27-14-28-24)19-7-5-4-6-18(19)25/h4-11,14,16,20H,12-13H2,1-3H3,(H,26,30,32)/t16-,20+/m1/s1. The number of fused-ring (bicyclic) bond motifs is 1. The molecule has 0 aliphatic carbocycles. The fraction of sp³-hybridized carbons (Fsp3) is 0.292. The van der Waals surface area contributed by atoms with Crippen LogP contribution in [0.2, 0.25) is 5.02 Å². The van der Waals surface area contributed by atoms with E-state index < -0.39 is 12.0 Å². The summed E-state index contributed by atoms with van der Waals surface area (Å²) in [6.45, 7) is 4.10. The number of anilines is 1. The number of hydrogen-bond donors (Lipinski definition) is 1. The summed E-state index contributed by atoms with van der Waals surface area (Å²) in [6, 6.07) is 10.8. The van der Waals surface area contributed by atoms with E-state index in [-0.39, 0.29) is 18.6 Å². The Balaban J connectivity index is 1.61. The first kappa shape index (κ1) is 24.5. The summed E-state index contributed by atoms with van der Waals surface area (Å²) in [4.78, 5) is 25.9. The van der Waals surface area contributed by atoms with Crippen LogP contribution in [0, 0.1) is 6.92 Å². The average Bonchev–Trinajstić information content (AvgIpc) is 3.28. The topological polar surface area (TPSA) is 113 Å². The molecule has 4 aromatic rings. The lowest BCUT2D eigenvalue weighted by molar-refractivity contribution is -0.127. The molecule has 0 fully saturated rings. The molecule has 4 rings (SSSR count). The second-order valence-corrected chi connectivity index (χ2v) is 8.25. The minimum Gasteiger partial charge on any atom is -0.461 e. The van der Waals surface area contributed by atoms with Gasteiger partial charge in [-0.2, -0.15) is 5.10 Å². The van der Waals surface area contributed by atoms with E-state index in [0.29, 0.717) is 34.2 Å². The molecule has 11 heteroatoms. The van der Waals surface area contributed by atoms with Crippen molar-refractivity contribution >= 4 is 34.4 Å². The Bertz CT molecular complexity index is 1300. The maximum atomic E-state index is 13.1. The molecule has 0 spiro atoms. The number of pyridine rings is 1. The number of hydrogen-bond acceptors (Lipinski definition) is 8. The normalized spacial score (nSPS) is 12.9. The molecule has 2 atom stereocenters. The Morgan fingerprint density at radius 3 is 2.69 bits per heavy atom. The molecule has 3 aromatic heterocycles. The molecule has 0 aliphatic heterocycles. The van der Waals surface area contributed by atoms with Gasteiger partial charge in [0.1, 0.15) is 17.5 Å². The number of methoxy groups -OCH3 is 1. The highest BCUT2D eigenvalue weighted by atomic mass is 35.5. The summed E-state index contributed by atoms with van der Waals surface area (Å²) in [5, 5.41) is 8.20. The second-order valence-electron chi connectivity index (χ2n) is 7.84. The van der Waals surface area contributed by atoms with Gasteiger partial charge in [-0.15, -0.1) is 0 Å². The number of rotatable bonds is 10. The summed E-state index contributed by atoms with van der Waals surface area (Å²) in [5.74, 6) is 0.156. The van der Waals surface area contributed by atoms with E-state index in [1.807, 2.05) is 38.1 Å². The van der Waals surface area contributed by atoms with Gasteiger partial charge in [-0.1, -0.05) is 29.8 Å². The molecular formula is C24H25ClN6O4. The molecule has 0 saturated carbocycles. The Hall–Kier alpha value is -3.60. The van der Waals surface area contributed by atoms with Gasteiger partial charge in [-0.05, 0) is 37.6 Å². The summed E-state index contributed by atoms with van der Waals surface area (Å²) in [5.41, 5.74) is 2.12. The Morgan fingerprint density at radius 2 is 1.94 bits per heavy atom. The molecule has 0 aliphatic rings. The summed E-state index contributed by atoms with van der Waals surface area (Å²) >= 11 is 6.34. The zero-order chi connectivity index (χ0) is 24.8. The molecule has 1 amide bonds. The molecular weight excluding hydrogens is 472 g/mol. The zero-order valence-electron chi connectivity index (χ0n) is 19.5. The van der Waals surface area contributed by atoms with E-state index >= 15 is 0 Å². The number of nitrogens with one attached hydrogen (secondary N) is 1. The van der Waals surface area contributed by atoms with Crippen LogP contribution in [0.4, 0.5) is 5.82 Å². The van der Waals surface area contributed by atoms with Crippen LogP contribution in [0.15, 0.2) is 55.1 Å². The predicted molar refractivity (Wildman–Crippen MR) is 131 cm³/mol. The number of carbonyl (C=O) groups is 1. The number of ether oxygens (including phenoxy) is 3. The van der Waals surface area contributed by atoms with Gasteiger partial charge >= 0.3 is 0 Å². The van der Waals surface area contributed by atoms with Crippen LogP contribution in [0.25, 0.3) is 16.7 Å². The third kappa shape index (κ3) is 5.91. The maximum Gasteiger partial charge on any atom is 0.269 e. The van der Waals surface area contributed by atoms with Crippen LogP contribution in [-0.4, -0.2) is 63.2 Å². The highest BCUT2D eigenvalue weighted by molar-refractivity contribution is 6.32. The highest BCUT2D eigenvalue weighted by Crippen LogP contribution is 2.27. The van der Waals surface area contributed by atoms with Gasteiger partial charge in [0.05, 0.1) is 36.2 Å². The van der Waals surface area contributed by atoms with E-state index in [2.05, 4.69) is 25.4 Å². The van der Waals surface area contributed by atoms with Gasteiger partial charge in [0.15, 0.2) is 5.65 Å². The molecule has 0 bridgehead atoms. The summed E-state index contributed by atoms with van der Waals surface area (Å²) in [6.07, 6.45) is 3.31.